The fourth-order valence-corrected chi connectivity index (χ4v) is 3.44. The van der Waals surface area contributed by atoms with Crippen LogP contribution in [0.15, 0.2) is 81.0 Å². The van der Waals surface area contributed by atoms with Crippen molar-refractivity contribution in [1.29, 1.82) is 0 Å². The Hall–Kier alpha value is -3.07. The average molecular weight is 403 g/mol. The minimum absolute atomic E-state index is 0.281. The molecular formula is C27H30O3. The van der Waals surface area contributed by atoms with Gasteiger partial charge >= 0.3 is 5.63 Å². The van der Waals surface area contributed by atoms with Crippen LogP contribution in [0.4, 0.5) is 0 Å². The summed E-state index contributed by atoms with van der Waals surface area (Å²) in [6, 6.07) is 15.7. The molecule has 3 heteroatoms. The molecule has 3 nitrogen and oxygen atoms in total. The van der Waals surface area contributed by atoms with E-state index in [9.17, 15) is 4.79 Å². The number of rotatable bonds is 8. The first-order valence-electron chi connectivity index (χ1n) is 10.5. The number of fused-ring (bicyclic) bond motifs is 1. The topological polar surface area (TPSA) is 39.4 Å². The molecule has 0 saturated heterocycles. The minimum atomic E-state index is -0.281. The number of allylic oxidation sites excluding steroid dienone is 3. The maximum absolute atomic E-state index is 12.6. The van der Waals surface area contributed by atoms with Crippen LogP contribution in [0.2, 0.25) is 0 Å². The Morgan fingerprint density at radius 3 is 2.53 bits per heavy atom. The molecular weight excluding hydrogens is 372 g/mol. The van der Waals surface area contributed by atoms with Crippen molar-refractivity contribution in [1.82, 2.24) is 0 Å². The summed E-state index contributed by atoms with van der Waals surface area (Å²) in [6.07, 6.45) is 7.01. The maximum atomic E-state index is 12.6. The van der Waals surface area contributed by atoms with Crippen LogP contribution in [0.5, 0.6) is 5.75 Å². The molecule has 0 saturated carbocycles. The molecule has 156 valence electrons. The normalized spacial score (nSPS) is 11.5. The van der Waals surface area contributed by atoms with Crippen LogP contribution in [0.3, 0.4) is 0 Å². The second-order valence-corrected chi connectivity index (χ2v) is 8.00. The molecule has 0 fully saturated rings. The van der Waals surface area contributed by atoms with Crippen molar-refractivity contribution in [2.45, 2.75) is 47.0 Å². The molecule has 0 N–H and O–H groups in total. The highest BCUT2D eigenvalue weighted by Gasteiger charge is 2.12. The lowest BCUT2D eigenvalue weighted by atomic mass is 10.00. The summed E-state index contributed by atoms with van der Waals surface area (Å²) in [4.78, 5) is 12.6. The van der Waals surface area contributed by atoms with Crippen LogP contribution >= 0.6 is 0 Å². The van der Waals surface area contributed by atoms with Crippen LogP contribution in [0.25, 0.3) is 11.0 Å². The van der Waals surface area contributed by atoms with Crippen molar-refractivity contribution in [3.63, 3.8) is 0 Å². The highest BCUT2D eigenvalue weighted by molar-refractivity contribution is 5.82. The Morgan fingerprint density at radius 2 is 1.80 bits per heavy atom. The predicted molar refractivity (Wildman–Crippen MR) is 124 cm³/mol. The molecule has 0 spiro atoms. The lowest BCUT2D eigenvalue weighted by molar-refractivity contribution is 0.361. The zero-order valence-corrected chi connectivity index (χ0v) is 18.3. The van der Waals surface area contributed by atoms with E-state index in [0.29, 0.717) is 29.9 Å². The highest BCUT2D eigenvalue weighted by atomic mass is 16.5. The first-order chi connectivity index (χ1) is 14.4. The van der Waals surface area contributed by atoms with Gasteiger partial charge in [-0.15, -0.1) is 0 Å². The number of ether oxygens (including phenoxy) is 1. The van der Waals surface area contributed by atoms with E-state index >= 15 is 0 Å². The van der Waals surface area contributed by atoms with E-state index < -0.39 is 0 Å². The Bertz CT molecular complexity index is 1110. The second-order valence-electron chi connectivity index (χ2n) is 8.00. The van der Waals surface area contributed by atoms with Crippen molar-refractivity contribution < 1.29 is 9.15 Å². The Morgan fingerprint density at radius 1 is 1.03 bits per heavy atom. The number of hydrogen-bond donors (Lipinski definition) is 0. The molecule has 0 radical (unpaired) electrons. The summed E-state index contributed by atoms with van der Waals surface area (Å²) in [6.45, 7) is 8.84. The number of benzene rings is 2. The van der Waals surface area contributed by atoms with Crippen molar-refractivity contribution >= 4 is 11.0 Å². The average Bonchev–Trinajstić information content (AvgIpc) is 2.71. The molecule has 0 aliphatic heterocycles. The van der Waals surface area contributed by atoms with Gasteiger partial charge in [-0.1, -0.05) is 47.6 Å². The fourth-order valence-electron chi connectivity index (χ4n) is 3.44. The molecule has 2 aromatic carbocycles. The predicted octanol–water partition coefficient (Wildman–Crippen LogP) is 6.76. The first-order valence-corrected chi connectivity index (χ1v) is 10.5. The minimum Gasteiger partial charge on any atom is -0.489 e. The van der Waals surface area contributed by atoms with Gasteiger partial charge in [0, 0.05) is 23.4 Å². The van der Waals surface area contributed by atoms with E-state index in [1.807, 2.05) is 55.5 Å². The summed E-state index contributed by atoms with van der Waals surface area (Å²) < 4.78 is 11.5. The molecule has 1 aromatic heterocycles. The van der Waals surface area contributed by atoms with E-state index in [0.717, 1.165) is 29.4 Å². The van der Waals surface area contributed by atoms with Crippen molar-refractivity contribution in [3.8, 4) is 5.75 Å². The molecule has 0 bridgehead atoms. The van der Waals surface area contributed by atoms with Crippen LogP contribution in [0.1, 0.15) is 50.3 Å². The van der Waals surface area contributed by atoms with Crippen LogP contribution in [0, 0.1) is 6.92 Å². The molecule has 3 aromatic rings. The maximum Gasteiger partial charge on any atom is 0.340 e. The lowest BCUT2D eigenvalue weighted by Crippen LogP contribution is -2.11. The van der Waals surface area contributed by atoms with Crippen molar-refractivity contribution in [2.75, 3.05) is 6.61 Å². The first kappa shape index (κ1) is 21.6. The zero-order valence-electron chi connectivity index (χ0n) is 18.3. The van der Waals surface area contributed by atoms with E-state index in [2.05, 4.69) is 32.9 Å². The van der Waals surface area contributed by atoms with Gasteiger partial charge in [0.15, 0.2) is 0 Å². The summed E-state index contributed by atoms with van der Waals surface area (Å²) in [7, 11) is 0. The van der Waals surface area contributed by atoms with Gasteiger partial charge < -0.3 is 9.15 Å². The van der Waals surface area contributed by atoms with Gasteiger partial charge in [-0.2, -0.15) is 0 Å². The van der Waals surface area contributed by atoms with E-state index in [4.69, 9.17) is 9.15 Å². The molecule has 0 aliphatic carbocycles. The molecule has 1 heterocycles. The van der Waals surface area contributed by atoms with Gasteiger partial charge in [-0.25, -0.2) is 4.79 Å². The lowest BCUT2D eigenvalue weighted by Gasteiger charge is -2.10. The number of aryl methyl sites for hydroxylation is 1. The van der Waals surface area contributed by atoms with Crippen LogP contribution in [-0.4, -0.2) is 6.61 Å². The summed E-state index contributed by atoms with van der Waals surface area (Å²) in [5, 5.41) is 0.946. The quantitative estimate of drug-likeness (QED) is 0.308. The molecule has 0 aliphatic rings. The van der Waals surface area contributed by atoms with Gasteiger partial charge in [0.1, 0.15) is 17.9 Å². The van der Waals surface area contributed by atoms with E-state index in [-0.39, 0.29) is 5.63 Å². The standard InChI is InChI=1S/C27H30O3/c1-19(2)9-8-10-20(3)15-16-29-23-13-14-24-21(4)25(27(28)30-26(24)18-23)17-22-11-6-5-7-12-22/h5-7,9,11-15,18H,8,10,16-17H2,1-4H3. The van der Waals surface area contributed by atoms with Crippen molar-refractivity contribution in [2.24, 2.45) is 0 Å². The molecule has 0 atom stereocenters. The third kappa shape index (κ3) is 5.73. The molecule has 0 unspecified atom stereocenters. The van der Waals surface area contributed by atoms with Gasteiger partial charge in [-0.3, -0.25) is 0 Å². The third-order valence-corrected chi connectivity index (χ3v) is 5.26. The largest absolute Gasteiger partial charge is 0.489 e. The van der Waals surface area contributed by atoms with Crippen LogP contribution < -0.4 is 10.4 Å². The van der Waals surface area contributed by atoms with Gasteiger partial charge in [0.05, 0.1) is 0 Å². The molecule has 30 heavy (non-hydrogen) atoms. The van der Waals surface area contributed by atoms with E-state index in [1.54, 1.807) is 0 Å². The van der Waals surface area contributed by atoms with E-state index in [1.165, 1.54) is 11.1 Å². The summed E-state index contributed by atoms with van der Waals surface area (Å²) in [5.74, 6) is 0.703. The Labute approximate surface area is 178 Å². The second kappa shape index (κ2) is 10.1. The fraction of sp³-hybridized carbons (Fsp3) is 0.296. The third-order valence-electron chi connectivity index (χ3n) is 5.26. The highest BCUT2D eigenvalue weighted by Crippen LogP contribution is 2.25. The summed E-state index contributed by atoms with van der Waals surface area (Å²) in [5.41, 5.74) is 5.70. The SMILES string of the molecule is CC(C)=CCCC(C)=CCOc1ccc2c(C)c(Cc3ccccc3)c(=O)oc2c1. The smallest absolute Gasteiger partial charge is 0.340 e. The number of hydrogen-bond acceptors (Lipinski definition) is 3. The molecule has 3 rings (SSSR count). The van der Waals surface area contributed by atoms with Gasteiger partial charge in [0.25, 0.3) is 0 Å². The summed E-state index contributed by atoms with van der Waals surface area (Å²) >= 11 is 0. The zero-order chi connectivity index (χ0) is 21.5. The van der Waals surface area contributed by atoms with Crippen LogP contribution in [-0.2, 0) is 6.42 Å². The van der Waals surface area contributed by atoms with Gasteiger partial charge in [0.2, 0.25) is 0 Å². The Kier molecular flexibility index (Phi) is 7.29. The Balaban J connectivity index is 1.73. The van der Waals surface area contributed by atoms with Crippen molar-refractivity contribution in [3.05, 3.63) is 98.9 Å². The monoisotopic (exact) mass is 402 g/mol. The van der Waals surface area contributed by atoms with Gasteiger partial charge in [-0.05, 0) is 69.9 Å². The molecule has 0 amide bonds.